The van der Waals surface area contributed by atoms with Crippen LogP contribution < -0.4 is 24.8 Å². The van der Waals surface area contributed by atoms with Crippen LogP contribution in [0.5, 0.6) is 17.2 Å². The van der Waals surface area contributed by atoms with Crippen LogP contribution in [0.1, 0.15) is 29.7 Å². The Morgan fingerprint density at radius 3 is 2.35 bits per heavy atom. The maximum absolute atomic E-state index is 14.3. The smallest absolute Gasteiger partial charge is 0.252 e. The molecule has 3 aromatic carbocycles. The van der Waals surface area contributed by atoms with Gasteiger partial charge in [-0.15, -0.1) is 0 Å². The highest BCUT2D eigenvalue weighted by molar-refractivity contribution is 5.99. The fourth-order valence-corrected chi connectivity index (χ4v) is 6.03. The molecule has 1 aromatic heterocycles. The summed E-state index contributed by atoms with van der Waals surface area (Å²) in [6, 6.07) is 20.2. The molecule has 11 nitrogen and oxygen atoms in total. The van der Waals surface area contributed by atoms with Crippen LogP contribution in [0.4, 0.5) is 0 Å². The molecule has 1 fully saturated rings. The van der Waals surface area contributed by atoms with Gasteiger partial charge in [-0.25, -0.2) is 0 Å². The minimum absolute atomic E-state index is 0.0113. The summed E-state index contributed by atoms with van der Waals surface area (Å²) in [5.74, 6) is -0.0539. The number of carbonyl (C=O) groups is 3. The molecular weight excluding hydrogens is 586 g/mol. The molecule has 3 N–H and O–H groups in total. The van der Waals surface area contributed by atoms with Crippen molar-refractivity contribution in [3.05, 3.63) is 89.6 Å². The Balaban J connectivity index is 1.42. The van der Waals surface area contributed by atoms with Crippen LogP contribution in [0.15, 0.2) is 72.9 Å². The summed E-state index contributed by atoms with van der Waals surface area (Å²) in [5.41, 5.74) is 3.49. The number of benzene rings is 3. The first-order valence-electron chi connectivity index (χ1n) is 15.3. The maximum Gasteiger partial charge on any atom is 0.252 e. The Bertz CT molecular complexity index is 1650. The second-order valence-corrected chi connectivity index (χ2v) is 11.3. The molecule has 5 rings (SSSR count). The number of methoxy groups -OCH3 is 3. The lowest BCUT2D eigenvalue weighted by atomic mass is 10.0. The molecule has 46 heavy (non-hydrogen) atoms. The SMILES string of the molecule is COc1cc(CN(C(C)=O)C(=O)C(Cc2c[nH]c3ccccc23)NC(=O)CN2CCNCC2c2ccccc2)cc(OC)c1OC. The molecule has 0 saturated carbocycles. The summed E-state index contributed by atoms with van der Waals surface area (Å²) < 4.78 is 16.4. The number of H-pyrrole nitrogens is 1. The Kier molecular flexibility index (Phi) is 10.6. The number of imide groups is 1. The van der Waals surface area contributed by atoms with Gasteiger partial charge >= 0.3 is 0 Å². The zero-order valence-corrected chi connectivity index (χ0v) is 26.7. The van der Waals surface area contributed by atoms with Gasteiger partial charge in [-0.3, -0.25) is 24.2 Å². The number of carbonyl (C=O) groups excluding carboxylic acids is 3. The number of aromatic nitrogens is 1. The van der Waals surface area contributed by atoms with Crippen LogP contribution in [0.25, 0.3) is 10.9 Å². The summed E-state index contributed by atoms with van der Waals surface area (Å²) in [5, 5.41) is 7.36. The van der Waals surface area contributed by atoms with Crippen LogP contribution in [0.2, 0.25) is 0 Å². The summed E-state index contributed by atoms with van der Waals surface area (Å²) in [6.45, 7) is 3.52. The molecule has 0 spiro atoms. The molecule has 0 bridgehead atoms. The quantitative estimate of drug-likeness (QED) is 0.218. The van der Waals surface area contributed by atoms with E-state index in [1.807, 2.05) is 48.7 Å². The van der Waals surface area contributed by atoms with E-state index in [1.54, 1.807) is 12.1 Å². The monoisotopic (exact) mass is 627 g/mol. The lowest BCUT2D eigenvalue weighted by Crippen LogP contribution is -2.54. The summed E-state index contributed by atoms with van der Waals surface area (Å²) in [7, 11) is 4.51. The summed E-state index contributed by atoms with van der Waals surface area (Å²) in [6.07, 6.45) is 2.04. The number of hydrogen-bond acceptors (Lipinski definition) is 8. The Hall–Kier alpha value is -4.87. The van der Waals surface area contributed by atoms with E-state index in [0.29, 0.717) is 35.9 Å². The van der Waals surface area contributed by atoms with E-state index in [2.05, 4.69) is 32.7 Å². The van der Waals surface area contributed by atoms with Crippen LogP contribution in [0.3, 0.4) is 0 Å². The third kappa shape index (κ3) is 7.32. The van der Waals surface area contributed by atoms with Gasteiger partial charge in [0, 0.05) is 56.1 Å². The van der Waals surface area contributed by atoms with Crippen molar-refractivity contribution < 1.29 is 28.6 Å². The number of amides is 3. The van der Waals surface area contributed by atoms with Gasteiger partial charge in [0.1, 0.15) is 6.04 Å². The summed E-state index contributed by atoms with van der Waals surface area (Å²) >= 11 is 0. The second kappa shape index (κ2) is 14.9. The standard InChI is InChI=1S/C35H41N5O6/c1-23(41)40(21-24-16-31(44-2)34(46-4)32(17-24)45-3)35(43)29(18-26-19-37-28-13-9-8-12-27(26)28)38-33(42)22-39-15-14-36-20-30(39)25-10-6-5-7-11-25/h5-13,16-17,19,29-30,36-37H,14-15,18,20-22H2,1-4H3,(H,38,42). The number of piperazine rings is 1. The number of nitrogens with one attached hydrogen (secondary N) is 3. The highest BCUT2D eigenvalue weighted by atomic mass is 16.5. The molecule has 0 aliphatic carbocycles. The predicted octanol–water partition coefficient (Wildman–Crippen LogP) is 3.44. The van der Waals surface area contributed by atoms with E-state index >= 15 is 0 Å². The van der Waals surface area contributed by atoms with Crippen LogP contribution in [-0.4, -0.2) is 86.1 Å². The Morgan fingerprint density at radius 2 is 1.67 bits per heavy atom. The van der Waals surface area contributed by atoms with Gasteiger partial charge in [0.2, 0.25) is 17.6 Å². The molecule has 4 aromatic rings. The highest BCUT2D eigenvalue weighted by Crippen LogP contribution is 2.38. The number of ether oxygens (including phenoxy) is 3. The fraction of sp³-hybridized carbons (Fsp3) is 0.343. The van der Waals surface area contributed by atoms with Crippen molar-refractivity contribution in [3.63, 3.8) is 0 Å². The summed E-state index contributed by atoms with van der Waals surface area (Å²) in [4.78, 5) is 47.5. The Labute approximate surface area is 268 Å². The van der Waals surface area contributed by atoms with E-state index in [1.165, 1.54) is 28.3 Å². The average Bonchev–Trinajstić information content (AvgIpc) is 3.49. The number of fused-ring (bicyclic) bond motifs is 1. The first kappa shape index (κ1) is 32.5. The van der Waals surface area contributed by atoms with Crippen molar-refractivity contribution in [2.45, 2.75) is 32.0 Å². The molecule has 11 heteroatoms. The Morgan fingerprint density at radius 1 is 0.978 bits per heavy atom. The molecular formula is C35H41N5O6. The lowest BCUT2D eigenvalue weighted by Gasteiger charge is -2.36. The van der Waals surface area contributed by atoms with Crippen LogP contribution in [-0.2, 0) is 27.3 Å². The number of para-hydroxylation sites is 1. The largest absolute Gasteiger partial charge is 0.493 e. The van der Waals surface area contributed by atoms with Crippen molar-refractivity contribution in [2.75, 3.05) is 47.5 Å². The number of nitrogens with zero attached hydrogens (tertiary/aromatic N) is 2. The minimum atomic E-state index is -1.00. The van der Waals surface area contributed by atoms with Crippen LogP contribution in [0, 0.1) is 0 Å². The van der Waals surface area contributed by atoms with Crippen molar-refractivity contribution in [3.8, 4) is 17.2 Å². The highest BCUT2D eigenvalue weighted by Gasteiger charge is 2.32. The van der Waals surface area contributed by atoms with Gasteiger partial charge in [-0.1, -0.05) is 48.5 Å². The van der Waals surface area contributed by atoms with E-state index < -0.39 is 17.9 Å². The molecule has 2 atom stereocenters. The molecule has 242 valence electrons. The number of aromatic amines is 1. The van der Waals surface area contributed by atoms with E-state index in [0.717, 1.165) is 33.5 Å². The van der Waals surface area contributed by atoms with Gasteiger partial charge in [-0.2, -0.15) is 0 Å². The zero-order chi connectivity index (χ0) is 32.6. The molecule has 1 aliphatic rings. The zero-order valence-electron chi connectivity index (χ0n) is 26.7. The van der Waals surface area contributed by atoms with E-state index in [4.69, 9.17) is 14.2 Å². The number of rotatable bonds is 12. The molecule has 2 heterocycles. The third-order valence-electron chi connectivity index (χ3n) is 8.33. The van der Waals surface area contributed by atoms with Crippen LogP contribution >= 0.6 is 0 Å². The van der Waals surface area contributed by atoms with Gasteiger partial charge in [0.15, 0.2) is 11.5 Å². The first-order chi connectivity index (χ1) is 22.3. The normalized spacial score (nSPS) is 15.6. The molecule has 3 amide bonds. The predicted molar refractivity (Wildman–Crippen MR) is 175 cm³/mol. The molecule has 2 unspecified atom stereocenters. The minimum Gasteiger partial charge on any atom is -0.493 e. The maximum atomic E-state index is 14.3. The van der Waals surface area contributed by atoms with Crippen molar-refractivity contribution >= 4 is 28.6 Å². The molecule has 1 saturated heterocycles. The first-order valence-corrected chi connectivity index (χ1v) is 15.3. The number of hydrogen-bond donors (Lipinski definition) is 3. The fourth-order valence-electron chi connectivity index (χ4n) is 6.03. The van der Waals surface area contributed by atoms with Crippen molar-refractivity contribution in [1.29, 1.82) is 0 Å². The van der Waals surface area contributed by atoms with Gasteiger partial charge in [0.05, 0.1) is 34.4 Å². The van der Waals surface area contributed by atoms with Crippen molar-refractivity contribution in [1.82, 2.24) is 25.4 Å². The lowest BCUT2D eigenvalue weighted by molar-refractivity contribution is -0.147. The van der Waals surface area contributed by atoms with Crippen molar-refractivity contribution in [2.24, 2.45) is 0 Å². The molecule has 1 aliphatic heterocycles. The van der Waals surface area contributed by atoms with E-state index in [9.17, 15) is 14.4 Å². The van der Waals surface area contributed by atoms with Gasteiger partial charge < -0.3 is 29.8 Å². The topological polar surface area (TPSA) is 125 Å². The second-order valence-electron chi connectivity index (χ2n) is 11.3. The van der Waals surface area contributed by atoms with Gasteiger partial charge in [0.25, 0.3) is 5.91 Å². The third-order valence-corrected chi connectivity index (χ3v) is 8.33. The van der Waals surface area contributed by atoms with Gasteiger partial charge in [-0.05, 0) is 34.9 Å². The van der Waals surface area contributed by atoms with E-state index in [-0.39, 0.29) is 31.5 Å². The molecule has 0 radical (unpaired) electrons. The average molecular weight is 628 g/mol.